The number of anilines is 1. The summed E-state index contributed by atoms with van der Waals surface area (Å²) >= 11 is 0. The molecule has 2 rings (SSSR count). The van der Waals surface area contributed by atoms with Crippen molar-refractivity contribution in [2.24, 2.45) is 4.99 Å². The fourth-order valence-electron chi connectivity index (χ4n) is 2.67. The van der Waals surface area contributed by atoms with Gasteiger partial charge in [-0.1, -0.05) is 36.4 Å². The van der Waals surface area contributed by atoms with Crippen molar-refractivity contribution >= 4 is 41.5 Å². The normalized spacial score (nSPS) is 12.9. The molecule has 164 valence electrons. The number of aliphatic hydroxyl groups is 1. The number of aliphatic imine (C=N–C) groups is 1. The Morgan fingerprint density at radius 2 is 1.87 bits per heavy atom. The van der Waals surface area contributed by atoms with Gasteiger partial charge < -0.3 is 25.8 Å². The van der Waals surface area contributed by atoms with E-state index in [2.05, 4.69) is 20.9 Å². The third kappa shape index (κ3) is 9.00. The van der Waals surface area contributed by atoms with Gasteiger partial charge in [0.15, 0.2) is 5.96 Å². The van der Waals surface area contributed by atoms with Crippen LogP contribution in [0.5, 0.6) is 5.75 Å². The lowest BCUT2D eigenvalue weighted by molar-refractivity contribution is -0.114. The van der Waals surface area contributed by atoms with Crippen LogP contribution >= 0.6 is 24.0 Å². The van der Waals surface area contributed by atoms with Gasteiger partial charge in [-0.2, -0.15) is 0 Å². The van der Waals surface area contributed by atoms with Crippen molar-refractivity contribution in [1.29, 1.82) is 0 Å². The fourth-order valence-corrected chi connectivity index (χ4v) is 2.67. The van der Waals surface area contributed by atoms with Crippen molar-refractivity contribution in [2.45, 2.75) is 26.4 Å². The highest BCUT2D eigenvalue weighted by Gasteiger charge is 2.22. The van der Waals surface area contributed by atoms with Crippen LogP contribution in [0.2, 0.25) is 0 Å². The van der Waals surface area contributed by atoms with Gasteiger partial charge in [-0.25, -0.2) is 4.99 Å². The summed E-state index contributed by atoms with van der Waals surface area (Å²) < 4.78 is 5.73. The van der Waals surface area contributed by atoms with Crippen molar-refractivity contribution in [2.75, 3.05) is 31.6 Å². The second-order valence-corrected chi connectivity index (χ2v) is 6.82. The van der Waals surface area contributed by atoms with E-state index in [1.807, 2.05) is 49.4 Å². The van der Waals surface area contributed by atoms with E-state index in [9.17, 15) is 9.90 Å². The lowest BCUT2D eigenvalue weighted by Gasteiger charge is -2.22. The molecule has 0 fully saturated rings. The number of halogens is 1. The second kappa shape index (κ2) is 13.1. The number of hydrogen-bond donors (Lipinski definition) is 4. The van der Waals surface area contributed by atoms with E-state index in [1.165, 1.54) is 6.92 Å². The molecule has 0 saturated heterocycles. The highest BCUT2D eigenvalue weighted by atomic mass is 127. The number of nitrogens with one attached hydrogen (secondary N) is 3. The zero-order valence-corrected chi connectivity index (χ0v) is 20.0. The first kappa shape index (κ1) is 25.7. The Bertz CT molecular complexity index is 813. The van der Waals surface area contributed by atoms with Gasteiger partial charge in [0, 0.05) is 25.2 Å². The van der Waals surface area contributed by atoms with Gasteiger partial charge in [-0.3, -0.25) is 4.79 Å². The smallest absolute Gasteiger partial charge is 0.221 e. The summed E-state index contributed by atoms with van der Waals surface area (Å²) in [5.74, 6) is 1.16. The van der Waals surface area contributed by atoms with Gasteiger partial charge >= 0.3 is 0 Å². The molecule has 7 nitrogen and oxygen atoms in total. The molecule has 0 radical (unpaired) electrons. The van der Waals surface area contributed by atoms with Gasteiger partial charge in [0.1, 0.15) is 18.0 Å². The van der Waals surface area contributed by atoms with Crippen LogP contribution in [0.3, 0.4) is 0 Å². The molecule has 0 saturated carbocycles. The molecule has 1 atom stereocenters. The fraction of sp³-hybridized carbons (Fsp3) is 0.364. The monoisotopic (exact) mass is 526 g/mol. The molecular weight excluding hydrogens is 495 g/mol. The predicted octanol–water partition coefficient (Wildman–Crippen LogP) is 3.10. The molecule has 0 aromatic heterocycles. The van der Waals surface area contributed by atoms with Gasteiger partial charge in [0.25, 0.3) is 0 Å². The minimum atomic E-state index is -1.05. The van der Waals surface area contributed by atoms with Crippen molar-refractivity contribution in [3.8, 4) is 5.75 Å². The summed E-state index contributed by atoms with van der Waals surface area (Å²) in [4.78, 5) is 15.6. The third-order valence-electron chi connectivity index (χ3n) is 4.10. The molecule has 8 heteroatoms. The number of amides is 1. The zero-order valence-electron chi connectivity index (χ0n) is 17.6. The second-order valence-electron chi connectivity index (χ2n) is 6.82. The standard InChI is InChI=1S/C22H30N4O3.HI/c1-4-23-21(25-16-22(3,28)18-9-6-5-7-10-18)24-13-14-29-20-12-8-11-19(15-20)26-17(2)27;/h5-12,15,28H,4,13-14,16H2,1-3H3,(H,26,27)(H2,23,24,25);1H. The lowest BCUT2D eigenvalue weighted by atomic mass is 9.96. The molecule has 2 aromatic carbocycles. The highest BCUT2D eigenvalue weighted by molar-refractivity contribution is 14.0. The number of carbonyl (C=O) groups excluding carboxylic acids is 1. The van der Waals surface area contributed by atoms with E-state index in [0.29, 0.717) is 37.1 Å². The Morgan fingerprint density at radius 1 is 1.13 bits per heavy atom. The molecule has 0 aliphatic heterocycles. The average molecular weight is 526 g/mol. The summed E-state index contributed by atoms with van der Waals surface area (Å²) in [6.07, 6.45) is 0. The minimum Gasteiger partial charge on any atom is -0.492 e. The quantitative estimate of drug-likeness (QED) is 0.174. The summed E-state index contributed by atoms with van der Waals surface area (Å²) in [6.45, 7) is 7.09. The zero-order chi connectivity index (χ0) is 21.1. The molecule has 0 heterocycles. The Labute approximate surface area is 195 Å². The van der Waals surface area contributed by atoms with Crippen LogP contribution in [-0.4, -0.2) is 43.2 Å². The Hall–Kier alpha value is -2.33. The predicted molar refractivity (Wildman–Crippen MR) is 132 cm³/mol. The van der Waals surface area contributed by atoms with E-state index in [0.717, 1.165) is 5.56 Å². The molecule has 30 heavy (non-hydrogen) atoms. The molecule has 1 unspecified atom stereocenters. The van der Waals surface area contributed by atoms with Gasteiger partial charge in [0.2, 0.25) is 5.91 Å². The van der Waals surface area contributed by atoms with Crippen molar-refractivity contribution in [3.05, 3.63) is 60.2 Å². The van der Waals surface area contributed by atoms with E-state index in [4.69, 9.17) is 4.74 Å². The maximum Gasteiger partial charge on any atom is 0.221 e. The third-order valence-corrected chi connectivity index (χ3v) is 4.10. The molecule has 4 N–H and O–H groups in total. The van der Waals surface area contributed by atoms with E-state index < -0.39 is 5.60 Å². The number of carbonyl (C=O) groups is 1. The van der Waals surface area contributed by atoms with Gasteiger partial charge in [-0.15, -0.1) is 24.0 Å². The average Bonchev–Trinajstić information content (AvgIpc) is 2.70. The number of nitrogens with zero attached hydrogens (tertiary/aromatic N) is 1. The summed E-state index contributed by atoms with van der Waals surface area (Å²) in [7, 11) is 0. The van der Waals surface area contributed by atoms with Crippen LogP contribution in [0, 0.1) is 0 Å². The molecule has 0 spiro atoms. The SMILES string of the molecule is CCNC(=NCC(C)(O)c1ccccc1)NCCOc1cccc(NC(C)=O)c1.I. The van der Waals surface area contributed by atoms with Gasteiger partial charge in [-0.05, 0) is 31.5 Å². The molecule has 2 aromatic rings. The van der Waals surface area contributed by atoms with Crippen LogP contribution in [0.1, 0.15) is 26.3 Å². The maximum atomic E-state index is 11.1. The Kier molecular flexibility index (Phi) is 11.2. The highest BCUT2D eigenvalue weighted by Crippen LogP contribution is 2.20. The molecule has 0 aliphatic rings. The maximum absolute atomic E-state index is 11.1. The Balaban J connectivity index is 0.00000450. The topological polar surface area (TPSA) is 95.0 Å². The van der Waals surface area contributed by atoms with Crippen LogP contribution in [-0.2, 0) is 10.4 Å². The number of rotatable bonds is 9. The first-order chi connectivity index (χ1) is 13.9. The van der Waals surface area contributed by atoms with E-state index >= 15 is 0 Å². The van der Waals surface area contributed by atoms with Crippen LogP contribution in [0.15, 0.2) is 59.6 Å². The van der Waals surface area contributed by atoms with Gasteiger partial charge in [0.05, 0.1) is 13.1 Å². The molecule has 1 amide bonds. The van der Waals surface area contributed by atoms with E-state index in [1.54, 1.807) is 19.1 Å². The number of benzene rings is 2. The molecule has 0 bridgehead atoms. The van der Waals surface area contributed by atoms with E-state index in [-0.39, 0.29) is 36.4 Å². The summed E-state index contributed by atoms with van der Waals surface area (Å²) in [6, 6.07) is 16.7. The van der Waals surface area contributed by atoms with Crippen LogP contribution < -0.4 is 20.7 Å². The van der Waals surface area contributed by atoms with Crippen molar-refractivity contribution < 1.29 is 14.6 Å². The first-order valence-corrected chi connectivity index (χ1v) is 9.71. The summed E-state index contributed by atoms with van der Waals surface area (Å²) in [5, 5.41) is 19.8. The van der Waals surface area contributed by atoms with Crippen LogP contribution in [0.4, 0.5) is 5.69 Å². The molecule has 0 aliphatic carbocycles. The number of guanidine groups is 1. The number of ether oxygens (including phenoxy) is 1. The first-order valence-electron chi connectivity index (χ1n) is 9.71. The minimum absolute atomic E-state index is 0. The summed E-state index contributed by atoms with van der Waals surface area (Å²) in [5.41, 5.74) is 0.465. The van der Waals surface area contributed by atoms with Crippen LogP contribution in [0.25, 0.3) is 0 Å². The lowest BCUT2D eigenvalue weighted by Crippen LogP contribution is -2.40. The molecular formula is C22H31IN4O3. The van der Waals surface area contributed by atoms with Crippen molar-refractivity contribution in [1.82, 2.24) is 10.6 Å². The largest absolute Gasteiger partial charge is 0.492 e. The number of hydrogen-bond acceptors (Lipinski definition) is 4. The van der Waals surface area contributed by atoms with Crippen molar-refractivity contribution in [3.63, 3.8) is 0 Å². The Morgan fingerprint density at radius 3 is 2.53 bits per heavy atom.